The summed E-state index contributed by atoms with van der Waals surface area (Å²) >= 11 is 1.64. The first-order valence-electron chi connectivity index (χ1n) is 4.36. The van der Waals surface area contributed by atoms with E-state index in [9.17, 15) is 0 Å². The Labute approximate surface area is 91.2 Å². The minimum absolute atomic E-state index is 0.327. The number of anilines is 1. The first kappa shape index (κ1) is 9.62. The molecule has 0 saturated heterocycles. The Balaban J connectivity index is 2.08. The summed E-state index contributed by atoms with van der Waals surface area (Å²) < 4.78 is 0. The summed E-state index contributed by atoms with van der Waals surface area (Å²) in [7, 11) is 0. The number of nitriles is 1. The van der Waals surface area contributed by atoms with Gasteiger partial charge in [0.2, 0.25) is 0 Å². The molecule has 0 radical (unpaired) electrons. The van der Waals surface area contributed by atoms with E-state index in [1.807, 2.05) is 17.5 Å². The smallest absolute Gasteiger partial charge is 0.182 e. The molecule has 1 N–H and O–H groups in total. The zero-order valence-electron chi connectivity index (χ0n) is 7.84. The van der Waals surface area contributed by atoms with E-state index < -0.39 is 0 Å². The standard InChI is InChI=1S/C10H8N4S/c11-5-9-10(13-3-2-12-9)14-6-8-1-4-15-7-8/h1-4,7H,6H2,(H,13,14). The molecule has 0 aliphatic carbocycles. The van der Waals surface area contributed by atoms with Gasteiger partial charge in [0.25, 0.3) is 0 Å². The van der Waals surface area contributed by atoms with Crippen LogP contribution in [0, 0.1) is 11.3 Å². The highest BCUT2D eigenvalue weighted by Gasteiger charge is 2.02. The number of nitrogens with one attached hydrogen (secondary N) is 1. The second-order valence-corrected chi connectivity index (χ2v) is 3.63. The third kappa shape index (κ3) is 2.30. The molecule has 0 bridgehead atoms. The first-order chi connectivity index (χ1) is 7.40. The monoisotopic (exact) mass is 216 g/mol. The van der Waals surface area contributed by atoms with E-state index in [-0.39, 0.29) is 0 Å². The van der Waals surface area contributed by atoms with Gasteiger partial charge in [-0.15, -0.1) is 0 Å². The largest absolute Gasteiger partial charge is 0.364 e. The van der Waals surface area contributed by atoms with Crippen molar-refractivity contribution in [3.8, 4) is 6.07 Å². The van der Waals surface area contributed by atoms with E-state index in [4.69, 9.17) is 5.26 Å². The van der Waals surface area contributed by atoms with E-state index in [0.717, 1.165) is 0 Å². The van der Waals surface area contributed by atoms with Crippen molar-refractivity contribution in [2.75, 3.05) is 5.32 Å². The molecular weight excluding hydrogens is 208 g/mol. The SMILES string of the molecule is N#Cc1nccnc1NCc1ccsc1. The van der Waals surface area contributed by atoms with Crippen LogP contribution in [0.5, 0.6) is 0 Å². The Morgan fingerprint density at radius 3 is 3.00 bits per heavy atom. The number of hydrogen-bond acceptors (Lipinski definition) is 5. The summed E-state index contributed by atoms with van der Waals surface area (Å²) in [6.45, 7) is 0.664. The Bertz CT molecular complexity index is 472. The average molecular weight is 216 g/mol. The highest BCUT2D eigenvalue weighted by Crippen LogP contribution is 2.11. The Kier molecular flexibility index (Phi) is 2.90. The van der Waals surface area contributed by atoms with Crippen LogP contribution in [-0.4, -0.2) is 9.97 Å². The molecule has 74 valence electrons. The lowest BCUT2D eigenvalue weighted by atomic mass is 10.3. The number of rotatable bonds is 3. The van der Waals surface area contributed by atoms with Gasteiger partial charge in [-0.05, 0) is 22.4 Å². The second-order valence-electron chi connectivity index (χ2n) is 2.85. The summed E-state index contributed by atoms with van der Waals surface area (Å²) in [5.74, 6) is 0.534. The van der Waals surface area contributed by atoms with Crippen molar-refractivity contribution in [3.05, 3.63) is 40.5 Å². The van der Waals surface area contributed by atoms with Crippen molar-refractivity contribution in [1.82, 2.24) is 9.97 Å². The van der Waals surface area contributed by atoms with Crippen LogP contribution in [0.25, 0.3) is 0 Å². The van der Waals surface area contributed by atoms with Gasteiger partial charge in [-0.2, -0.15) is 16.6 Å². The molecule has 15 heavy (non-hydrogen) atoms. The molecule has 2 rings (SSSR count). The predicted octanol–water partition coefficient (Wildman–Crippen LogP) is 2.02. The highest BCUT2D eigenvalue weighted by atomic mass is 32.1. The average Bonchev–Trinajstić information content (AvgIpc) is 2.79. The summed E-state index contributed by atoms with van der Waals surface area (Å²) in [4.78, 5) is 7.97. The van der Waals surface area contributed by atoms with Crippen molar-refractivity contribution in [2.24, 2.45) is 0 Å². The Hall–Kier alpha value is -1.93. The van der Waals surface area contributed by atoms with Crippen molar-refractivity contribution >= 4 is 17.2 Å². The van der Waals surface area contributed by atoms with Crippen molar-refractivity contribution in [2.45, 2.75) is 6.54 Å². The van der Waals surface area contributed by atoms with Crippen LogP contribution in [-0.2, 0) is 6.54 Å². The lowest BCUT2D eigenvalue weighted by Gasteiger charge is -2.03. The normalized spacial score (nSPS) is 9.53. The van der Waals surface area contributed by atoms with Gasteiger partial charge < -0.3 is 5.32 Å². The summed E-state index contributed by atoms with van der Waals surface area (Å²) in [6, 6.07) is 4.02. The Morgan fingerprint density at radius 2 is 2.27 bits per heavy atom. The van der Waals surface area contributed by atoms with Crippen LogP contribution in [0.4, 0.5) is 5.82 Å². The third-order valence-corrected chi connectivity index (χ3v) is 2.58. The van der Waals surface area contributed by atoms with E-state index in [1.165, 1.54) is 11.8 Å². The molecule has 0 fully saturated rings. The molecule has 2 heterocycles. The van der Waals surface area contributed by atoms with Gasteiger partial charge in [-0.1, -0.05) is 0 Å². The van der Waals surface area contributed by atoms with Gasteiger partial charge in [0, 0.05) is 18.9 Å². The maximum absolute atomic E-state index is 8.79. The van der Waals surface area contributed by atoms with Crippen molar-refractivity contribution in [1.29, 1.82) is 5.26 Å². The van der Waals surface area contributed by atoms with Crippen LogP contribution in [0.15, 0.2) is 29.2 Å². The molecule has 5 heteroatoms. The number of thiophene rings is 1. The first-order valence-corrected chi connectivity index (χ1v) is 5.30. The van der Waals surface area contributed by atoms with E-state index in [2.05, 4.69) is 20.7 Å². The molecule has 2 aromatic rings. The van der Waals surface area contributed by atoms with Gasteiger partial charge in [0.1, 0.15) is 6.07 Å². The fraction of sp³-hybridized carbons (Fsp3) is 0.100. The molecule has 0 aliphatic heterocycles. The second kappa shape index (κ2) is 4.53. The van der Waals surface area contributed by atoms with Gasteiger partial charge in [0.15, 0.2) is 11.5 Å². The molecule has 0 unspecified atom stereocenters. The highest BCUT2D eigenvalue weighted by molar-refractivity contribution is 7.07. The fourth-order valence-corrected chi connectivity index (χ4v) is 1.80. The lowest BCUT2D eigenvalue weighted by Crippen LogP contribution is -2.03. The molecule has 0 aliphatic rings. The van der Waals surface area contributed by atoms with Gasteiger partial charge in [-0.3, -0.25) is 0 Å². The van der Waals surface area contributed by atoms with Crippen molar-refractivity contribution in [3.63, 3.8) is 0 Å². The van der Waals surface area contributed by atoms with Crippen molar-refractivity contribution < 1.29 is 0 Å². The molecule has 0 atom stereocenters. The number of hydrogen-bond donors (Lipinski definition) is 1. The third-order valence-electron chi connectivity index (χ3n) is 1.84. The molecule has 2 aromatic heterocycles. The Morgan fingerprint density at radius 1 is 1.40 bits per heavy atom. The zero-order chi connectivity index (χ0) is 10.5. The van der Waals surface area contributed by atoms with Crippen LogP contribution < -0.4 is 5.32 Å². The maximum Gasteiger partial charge on any atom is 0.182 e. The number of nitrogens with zero attached hydrogens (tertiary/aromatic N) is 3. The predicted molar refractivity (Wildman–Crippen MR) is 58.4 cm³/mol. The van der Waals surface area contributed by atoms with Gasteiger partial charge >= 0.3 is 0 Å². The van der Waals surface area contributed by atoms with Crippen LogP contribution >= 0.6 is 11.3 Å². The van der Waals surface area contributed by atoms with Crippen LogP contribution in [0.1, 0.15) is 11.3 Å². The van der Waals surface area contributed by atoms with Gasteiger partial charge in [0.05, 0.1) is 0 Å². The molecule has 4 nitrogen and oxygen atoms in total. The van der Waals surface area contributed by atoms with E-state index in [1.54, 1.807) is 17.5 Å². The minimum Gasteiger partial charge on any atom is -0.364 e. The fourth-order valence-electron chi connectivity index (χ4n) is 1.13. The van der Waals surface area contributed by atoms with Gasteiger partial charge in [-0.25, -0.2) is 9.97 Å². The quantitative estimate of drug-likeness (QED) is 0.852. The molecular formula is C10H8N4S. The lowest BCUT2D eigenvalue weighted by molar-refractivity contribution is 1.08. The molecule has 0 saturated carbocycles. The topological polar surface area (TPSA) is 61.6 Å². The molecule has 0 amide bonds. The van der Waals surface area contributed by atoms with E-state index >= 15 is 0 Å². The molecule has 0 aromatic carbocycles. The van der Waals surface area contributed by atoms with Crippen LogP contribution in [0.2, 0.25) is 0 Å². The summed E-state index contributed by atoms with van der Waals surface area (Å²) in [5, 5.41) is 15.9. The zero-order valence-corrected chi connectivity index (χ0v) is 8.66. The van der Waals surface area contributed by atoms with E-state index in [0.29, 0.717) is 18.1 Å². The number of aromatic nitrogens is 2. The summed E-state index contributed by atoms with van der Waals surface area (Å²) in [6.07, 6.45) is 3.07. The molecule has 0 spiro atoms. The summed E-state index contributed by atoms with van der Waals surface area (Å²) in [5.41, 5.74) is 1.50. The van der Waals surface area contributed by atoms with Crippen LogP contribution in [0.3, 0.4) is 0 Å². The maximum atomic E-state index is 8.79. The minimum atomic E-state index is 0.327.